The number of methoxy groups -OCH3 is 2. The van der Waals surface area contributed by atoms with E-state index in [0.29, 0.717) is 40.4 Å². The van der Waals surface area contributed by atoms with Gasteiger partial charge in [-0.25, -0.2) is 16.8 Å². The van der Waals surface area contributed by atoms with Crippen molar-refractivity contribution < 1.29 is 26.3 Å². The molecule has 162 valence electrons. The lowest BCUT2D eigenvalue weighted by atomic mass is 9.98. The highest BCUT2D eigenvalue weighted by Crippen LogP contribution is 2.40. The van der Waals surface area contributed by atoms with Crippen LogP contribution >= 0.6 is 0 Å². The van der Waals surface area contributed by atoms with E-state index >= 15 is 0 Å². The molecule has 2 aromatic rings. The van der Waals surface area contributed by atoms with E-state index in [1.807, 2.05) is 0 Å². The van der Waals surface area contributed by atoms with Crippen molar-refractivity contribution in [1.29, 1.82) is 0 Å². The van der Waals surface area contributed by atoms with Crippen LogP contribution < -0.4 is 14.2 Å². The molecule has 1 heterocycles. The first kappa shape index (κ1) is 21.9. The van der Waals surface area contributed by atoms with E-state index in [4.69, 9.17) is 9.47 Å². The average Bonchev–Trinajstić information content (AvgIpc) is 3.12. The average molecular weight is 454 g/mol. The molecule has 0 aromatic heterocycles. The molecule has 0 fully saturated rings. The minimum Gasteiger partial charge on any atom is -0.497 e. The Morgan fingerprint density at radius 2 is 1.67 bits per heavy atom. The van der Waals surface area contributed by atoms with E-state index < -0.39 is 26.1 Å². The summed E-state index contributed by atoms with van der Waals surface area (Å²) < 4.78 is 61.8. The van der Waals surface area contributed by atoms with Gasteiger partial charge in [0.05, 0.1) is 38.5 Å². The van der Waals surface area contributed by atoms with Crippen molar-refractivity contribution in [2.24, 2.45) is 5.10 Å². The van der Waals surface area contributed by atoms with Gasteiger partial charge in [0.1, 0.15) is 11.5 Å². The molecule has 0 spiro atoms. The Kier molecular flexibility index (Phi) is 5.95. The fraction of sp³-hybridized carbons (Fsp3) is 0.316. The van der Waals surface area contributed by atoms with E-state index in [9.17, 15) is 16.8 Å². The summed E-state index contributed by atoms with van der Waals surface area (Å²) in [5.41, 5.74) is 2.29. The molecule has 3 rings (SSSR count). The number of hydrogen-bond donors (Lipinski definition) is 1. The van der Waals surface area contributed by atoms with Crippen LogP contribution in [0.2, 0.25) is 0 Å². The maximum atomic E-state index is 12.4. The highest BCUT2D eigenvalue weighted by molar-refractivity contribution is 7.92. The fourth-order valence-electron chi connectivity index (χ4n) is 3.25. The van der Waals surface area contributed by atoms with Gasteiger partial charge in [0.15, 0.2) is 0 Å². The Hall–Kier alpha value is -2.79. The van der Waals surface area contributed by atoms with Gasteiger partial charge in [0, 0.05) is 17.7 Å². The zero-order valence-corrected chi connectivity index (χ0v) is 18.6. The molecule has 0 saturated carbocycles. The Morgan fingerprint density at radius 3 is 2.20 bits per heavy atom. The van der Waals surface area contributed by atoms with E-state index in [1.54, 1.807) is 42.5 Å². The third-order valence-electron chi connectivity index (χ3n) is 4.53. The second-order valence-corrected chi connectivity index (χ2v) is 10.5. The molecule has 0 saturated heterocycles. The number of hydrogen-bond acceptors (Lipinski definition) is 7. The molecular weight excluding hydrogens is 430 g/mol. The van der Waals surface area contributed by atoms with E-state index in [1.165, 1.54) is 14.2 Å². The van der Waals surface area contributed by atoms with Crippen LogP contribution in [0.15, 0.2) is 47.6 Å². The maximum Gasteiger partial charge on any atom is 0.247 e. The normalized spacial score (nSPS) is 16.9. The zero-order chi connectivity index (χ0) is 22.1. The number of sulfonamides is 2. The molecule has 1 aliphatic rings. The van der Waals surface area contributed by atoms with Gasteiger partial charge in [-0.1, -0.05) is 12.1 Å². The van der Waals surface area contributed by atoms with Gasteiger partial charge in [-0.3, -0.25) is 4.72 Å². The molecule has 1 aliphatic heterocycles. The Morgan fingerprint density at radius 1 is 1.00 bits per heavy atom. The van der Waals surface area contributed by atoms with E-state index in [-0.39, 0.29) is 0 Å². The second-order valence-electron chi connectivity index (χ2n) is 6.86. The number of nitrogens with one attached hydrogen (secondary N) is 1. The van der Waals surface area contributed by atoms with E-state index in [0.717, 1.165) is 16.9 Å². The molecule has 1 N–H and O–H groups in total. The minimum absolute atomic E-state index is 0.315. The predicted molar refractivity (Wildman–Crippen MR) is 115 cm³/mol. The molecule has 9 nitrogen and oxygen atoms in total. The van der Waals surface area contributed by atoms with Crippen molar-refractivity contribution in [2.75, 3.05) is 31.5 Å². The van der Waals surface area contributed by atoms with E-state index in [2.05, 4.69) is 9.82 Å². The summed E-state index contributed by atoms with van der Waals surface area (Å²) in [6.45, 7) is 0. The van der Waals surface area contributed by atoms with Gasteiger partial charge in [0.25, 0.3) is 0 Å². The number of rotatable bonds is 7. The summed E-state index contributed by atoms with van der Waals surface area (Å²) in [5, 5.41) is 4.35. The second kappa shape index (κ2) is 8.15. The zero-order valence-electron chi connectivity index (χ0n) is 17.0. The summed E-state index contributed by atoms with van der Waals surface area (Å²) in [4.78, 5) is 0. The SMILES string of the molecule is COc1ccc(OC)c([C@H]2CC(c3ccc(NS(C)(=O)=O)cc3)=NN2S(C)(=O)=O)c1. The molecule has 0 amide bonds. The standard InChI is InChI=1S/C19H23N3O6S2/c1-27-15-9-10-19(28-2)16(11-15)18-12-17(20-22(18)30(4,25)26)13-5-7-14(8-6-13)21-29(3,23)24/h5-11,18,21H,12H2,1-4H3/t18-/m1/s1. The van der Waals surface area contributed by atoms with Crippen LogP contribution in [0, 0.1) is 0 Å². The lowest BCUT2D eigenvalue weighted by Crippen LogP contribution is -2.26. The van der Waals surface area contributed by atoms with Crippen LogP contribution in [0.1, 0.15) is 23.6 Å². The Labute approximate surface area is 176 Å². The van der Waals surface area contributed by atoms with Gasteiger partial charge in [-0.05, 0) is 35.9 Å². The first-order valence-electron chi connectivity index (χ1n) is 8.89. The van der Waals surface area contributed by atoms with Gasteiger partial charge >= 0.3 is 0 Å². The molecule has 0 aliphatic carbocycles. The highest BCUT2D eigenvalue weighted by atomic mass is 32.2. The minimum atomic E-state index is -3.66. The Balaban J connectivity index is 1.99. The monoisotopic (exact) mass is 453 g/mol. The predicted octanol–water partition coefficient (Wildman–Crippen LogP) is 2.19. The lowest BCUT2D eigenvalue weighted by molar-refractivity contribution is 0.348. The summed E-state index contributed by atoms with van der Waals surface area (Å²) in [7, 11) is -4.01. The molecule has 1 atom stereocenters. The van der Waals surface area contributed by atoms with Gasteiger partial charge in [-0.15, -0.1) is 0 Å². The number of benzene rings is 2. The van der Waals surface area contributed by atoms with Gasteiger partial charge < -0.3 is 9.47 Å². The smallest absolute Gasteiger partial charge is 0.247 e. The van der Waals surface area contributed by atoms with Crippen LogP contribution in [0.3, 0.4) is 0 Å². The first-order valence-corrected chi connectivity index (χ1v) is 12.6. The number of anilines is 1. The van der Waals surface area contributed by atoms with Crippen molar-refractivity contribution in [3.8, 4) is 11.5 Å². The van der Waals surface area contributed by atoms with Crippen LogP contribution in [-0.2, 0) is 20.0 Å². The summed E-state index contributed by atoms with van der Waals surface area (Å²) in [6, 6.07) is 11.2. The van der Waals surface area contributed by atoms with Crippen LogP contribution in [0.5, 0.6) is 11.5 Å². The van der Waals surface area contributed by atoms with Crippen LogP contribution in [0.25, 0.3) is 0 Å². The third-order valence-corrected chi connectivity index (χ3v) is 6.15. The van der Waals surface area contributed by atoms with Crippen LogP contribution in [-0.4, -0.2) is 53.7 Å². The molecule has 0 unspecified atom stereocenters. The number of ether oxygens (including phenoxy) is 2. The highest BCUT2D eigenvalue weighted by Gasteiger charge is 2.36. The van der Waals surface area contributed by atoms with Gasteiger partial charge in [0.2, 0.25) is 20.0 Å². The lowest BCUT2D eigenvalue weighted by Gasteiger charge is -2.23. The molecule has 0 radical (unpaired) electrons. The van der Waals surface area contributed by atoms with Crippen molar-refractivity contribution in [3.63, 3.8) is 0 Å². The summed E-state index contributed by atoms with van der Waals surface area (Å²) >= 11 is 0. The number of hydrazone groups is 1. The quantitative estimate of drug-likeness (QED) is 0.687. The number of nitrogens with zero attached hydrogens (tertiary/aromatic N) is 2. The third kappa shape index (κ3) is 4.85. The largest absolute Gasteiger partial charge is 0.497 e. The van der Waals surface area contributed by atoms with Crippen molar-refractivity contribution in [2.45, 2.75) is 12.5 Å². The Bertz CT molecular complexity index is 1180. The molecule has 2 aromatic carbocycles. The summed E-state index contributed by atoms with van der Waals surface area (Å²) in [6.07, 6.45) is 2.48. The molecule has 11 heteroatoms. The van der Waals surface area contributed by atoms with Crippen molar-refractivity contribution in [1.82, 2.24) is 4.41 Å². The van der Waals surface area contributed by atoms with Crippen molar-refractivity contribution >= 4 is 31.4 Å². The topological polar surface area (TPSA) is 114 Å². The fourth-order valence-corrected chi connectivity index (χ4v) is 4.71. The van der Waals surface area contributed by atoms with Gasteiger partial charge in [-0.2, -0.15) is 9.52 Å². The summed E-state index contributed by atoms with van der Waals surface area (Å²) in [5.74, 6) is 1.10. The van der Waals surface area contributed by atoms with Crippen LogP contribution in [0.4, 0.5) is 5.69 Å². The maximum absolute atomic E-state index is 12.4. The first-order chi connectivity index (χ1) is 14.0. The molecule has 0 bridgehead atoms. The molecular formula is C19H23N3O6S2. The molecule has 30 heavy (non-hydrogen) atoms. The van der Waals surface area contributed by atoms with Crippen molar-refractivity contribution in [3.05, 3.63) is 53.6 Å².